The Bertz CT molecular complexity index is 998. The first-order chi connectivity index (χ1) is 13.5. The molecular formula is C22H21N3O3. The summed E-state index contributed by atoms with van der Waals surface area (Å²) >= 11 is 0. The van der Waals surface area contributed by atoms with E-state index in [2.05, 4.69) is 10.3 Å². The summed E-state index contributed by atoms with van der Waals surface area (Å²) in [6, 6.07) is 17.2. The molecule has 0 saturated heterocycles. The molecule has 142 valence electrons. The molecule has 0 unspecified atom stereocenters. The summed E-state index contributed by atoms with van der Waals surface area (Å²) in [6.07, 6.45) is 1.63. The number of rotatable bonds is 6. The lowest BCUT2D eigenvalue weighted by molar-refractivity contribution is 0.102. The Hall–Kier alpha value is -3.67. The van der Waals surface area contributed by atoms with Crippen LogP contribution >= 0.6 is 0 Å². The molecule has 0 fully saturated rings. The van der Waals surface area contributed by atoms with Crippen molar-refractivity contribution < 1.29 is 14.3 Å². The van der Waals surface area contributed by atoms with Crippen molar-refractivity contribution in [2.24, 2.45) is 0 Å². The van der Waals surface area contributed by atoms with E-state index >= 15 is 0 Å². The third kappa shape index (κ3) is 4.01. The maximum atomic E-state index is 12.9. The highest BCUT2D eigenvalue weighted by Crippen LogP contribution is 2.23. The van der Waals surface area contributed by atoms with E-state index in [1.807, 2.05) is 14.1 Å². The molecule has 0 saturated carbocycles. The molecule has 0 bridgehead atoms. The quantitative estimate of drug-likeness (QED) is 0.666. The van der Waals surface area contributed by atoms with Gasteiger partial charge in [-0.3, -0.25) is 9.59 Å². The molecule has 0 aliphatic carbocycles. The highest BCUT2D eigenvalue weighted by atomic mass is 16.5. The molecule has 0 spiro atoms. The molecule has 28 heavy (non-hydrogen) atoms. The number of benzene rings is 2. The second kappa shape index (κ2) is 8.35. The van der Waals surface area contributed by atoms with E-state index in [9.17, 15) is 9.59 Å². The average molecular weight is 375 g/mol. The number of methoxy groups -OCH3 is 1. The highest BCUT2D eigenvalue weighted by Gasteiger charge is 2.18. The second-order valence-electron chi connectivity index (χ2n) is 6.33. The van der Waals surface area contributed by atoms with Crippen molar-refractivity contribution in [3.63, 3.8) is 0 Å². The smallest absolute Gasteiger partial charge is 0.259 e. The standard InChI is InChI=1S/C22H21N3O3/c1-25(2)21-18(8-6-14-23-21)22(27)24-19-9-5-4-7-17(19)20(26)15-10-12-16(28-3)13-11-15/h4-14H,1-3H3,(H,24,27). The van der Waals surface area contributed by atoms with Crippen molar-refractivity contribution >= 4 is 23.2 Å². The van der Waals surface area contributed by atoms with Crippen molar-refractivity contribution in [3.05, 3.63) is 83.6 Å². The first kappa shape index (κ1) is 19.1. The van der Waals surface area contributed by atoms with Gasteiger partial charge in [0, 0.05) is 31.4 Å². The third-order valence-corrected chi connectivity index (χ3v) is 4.23. The van der Waals surface area contributed by atoms with Crippen LogP contribution in [0, 0.1) is 0 Å². The van der Waals surface area contributed by atoms with Crippen LogP contribution in [0.15, 0.2) is 66.9 Å². The van der Waals surface area contributed by atoms with Crippen LogP contribution < -0.4 is 15.0 Å². The number of hydrogen-bond donors (Lipinski definition) is 1. The number of para-hydroxylation sites is 1. The van der Waals surface area contributed by atoms with Gasteiger partial charge in [-0.2, -0.15) is 0 Å². The lowest BCUT2D eigenvalue weighted by atomic mass is 10.0. The molecule has 1 amide bonds. The van der Waals surface area contributed by atoms with E-state index in [1.54, 1.807) is 78.9 Å². The lowest BCUT2D eigenvalue weighted by Crippen LogP contribution is -2.20. The third-order valence-electron chi connectivity index (χ3n) is 4.23. The number of pyridine rings is 1. The fourth-order valence-electron chi connectivity index (χ4n) is 2.81. The Morgan fingerprint density at radius 3 is 2.29 bits per heavy atom. The predicted molar refractivity (Wildman–Crippen MR) is 109 cm³/mol. The van der Waals surface area contributed by atoms with Crippen LogP contribution in [-0.2, 0) is 0 Å². The van der Waals surface area contributed by atoms with Gasteiger partial charge in [0.2, 0.25) is 0 Å². The summed E-state index contributed by atoms with van der Waals surface area (Å²) in [6.45, 7) is 0. The van der Waals surface area contributed by atoms with Gasteiger partial charge in [-0.15, -0.1) is 0 Å². The number of ether oxygens (including phenoxy) is 1. The Labute approximate surface area is 163 Å². The molecule has 0 radical (unpaired) electrons. The Kier molecular flexibility index (Phi) is 5.69. The molecule has 6 heteroatoms. The minimum absolute atomic E-state index is 0.183. The van der Waals surface area contributed by atoms with Gasteiger partial charge in [-0.25, -0.2) is 4.98 Å². The second-order valence-corrected chi connectivity index (χ2v) is 6.33. The number of ketones is 1. The summed E-state index contributed by atoms with van der Waals surface area (Å²) in [4.78, 5) is 31.8. The molecule has 3 rings (SSSR count). The van der Waals surface area contributed by atoms with Crippen LogP contribution in [0.3, 0.4) is 0 Å². The SMILES string of the molecule is COc1ccc(C(=O)c2ccccc2NC(=O)c2cccnc2N(C)C)cc1. The van der Waals surface area contributed by atoms with Gasteiger partial charge in [0.25, 0.3) is 5.91 Å². The number of amides is 1. The zero-order chi connectivity index (χ0) is 20.1. The Balaban J connectivity index is 1.90. The normalized spacial score (nSPS) is 10.2. The first-order valence-electron chi connectivity index (χ1n) is 8.72. The molecule has 3 aromatic rings. The monoisotopic (exact) mass is 375 g/mol. The van der Waals surface area contributed by atoms with Gasteiger partial charge in [-0.05, 0) is 48.5 Å². The number of aromatic nitrogens is 1. The van der Waals surface area contributed by atoms with E-state index in [4.69, 9.17) is 4.74 Å². The van der Waals surface area contributed by atoms with Gasteiger partial charge in [0.15, 0.2) is 5.78 Å². The number of carbonyl (C=O) groups is 2. The molecular weight excluding hydrogens is 354 g/mol. The van der Waals surface area contributed by atoms with Crippen LogP contribution in [-0.4, -0.2) is 37.9 Å². The zero-order valence-corrected chi connectivity index (χ0v) is 16.0. The number of carbonyl (C=O) groups excluding carboxylic acids is 2. The first-order valence-corrected chi connectivity index (χ1v) is 8.72. The van der Waals surface area contributed by atoms with Crippen molar-refractivity contribution in [1.29, 1.82) is 0 Å². The minimum atomic E-state index is -0.327. The summed E-state index contributed by atoms with van der Waals surface area (Å²) < 4.78 is 5.13. The van der Waals surface area contributed by atoms with Crippen LogP contribution in [0.2, 0.25) is 0 Å². The number of anilines is 2. The zero-order valence-electron chi connectivity index (χ0n) is 16.0. The van der Waals surface area contributed by atoms with E-state index in [-0.39, 0.29) is 11.7 Å². The van der Waals surface area contributed by atoms with E-state index in [1.165, 1.54) is 0 Å². The van der Waals surface area contributed by atoms with E-state index in [0.717, 1.165) is 0 Å². The molecule has 0 atom stereocenters. The maximum Gasteiger partial charge on any atom is 0.259 e. The summed E-state index contributed by atoms with van der Waals surface area (Å²) in [5.41, 5.74) is 1.80. The number of hydrogen-bond acceptors (Lipinski definition) is 5. The van der Waals surface area contributed by atoms with Crippen LogP contribution in [0.4, 0.5) is 11.5 Å². The van der Waals surface area contributed by atoms with Gasteiger partial charge >= 0.3 is 0 Å². The van der Waals surface area contributed by atoms with Crippen molar-refractivity contribution in [3.8, 4) is 5.75 Å². The Morgan fingerprint density at radius 1 is 0.929 bits per heavy atom. The fourth-order valence-corrected chi connectivity index (χ4v) is 2.81. The van der Waals surface area contributed by atoms with Crippen molar-refractivity contribution in [1.82, 2.24) is 4.98 Å². The maximum absolute atomic E-state index is 12.9. The molecule has 0 aliphatic rings. The molecule has 1 aromatic heterocycles. The largest absolute Gasteiger partial charge is 0.497 e. The van der Waals surface area contributed by atoms with Crippen molar-refractivity contribution in [2.45, 2.75) is 0 Å². The van der Waals surface area contributed by atoms with Gasteiger partial charge in [0.1, 0.15) is 11.6 Å². The average Bonchev–Trinajstić information content (AvgIpc) is 2.73. The summed E-state index contributed by atoms with van der Waals surface area (Å²) in [5, 5.41) is 2.84. The molecule has 0 aliphatic heterocycles. The van der Waals surface area contributed by atoms with Crippen molar-refractivity contribution in [2.75, 3.05) is 31.4 Å². The highest BCUT2D eigenvalue weighted by molar-refractivity contribution is 6.16. The van der Waals surface area contributed by atoms with Gasteiger partial charge < -0.3 is 15.0 Å². The Morgan fingerprint density at radius 2 is 1.61 bits per heavy atom. The van der Waals surface area contributed by atoms with E-state index in [0.29, 0.717) is 33.9 Å². The van der Waals surface area contributed by atoms with Crippen LogP contribution in [0.1, 0.15) is 26.3 Å². The van der Waals surface area contributed by atoms with Gasteiger partial charge in [0.05, 0.1) is 18.4 Å². The molecule has 1 N–H and O–H groups in total. The number of nitrogens with zero attached hydrogens (tertiary/aromatic N) is 2. The van der Waals surface area contributed by atoms with Crippen LogP contribution in [0.5, 0.6) is 5.75 Å². The minimum Gasteiger partial charge on any atom is -0.497 e. The van der Waals surface area contributed by atoms with E-state index < -0.39 is 0 Å². The summed E-state index contributed by atoms with van der Waals surface area (Å²) in [7, 11) is 5.21. The number of nitrogens with one attached hydrogen (secondary N) is 1. The fraction of sp³-hybridized carbons (Fsp3) is 0.136. The van der Waals surface area contributed by atoms with Gasteiger partial charge in [-0.1, -0.05) is 12.1 Å². The predicted octanol–water partition coefficient (Wildman–Crippen LogP) is 3.64. The molecule has 2 aromatic carbocycles. The topological polar surface area (TPSA) is 71.5 Å². The lowest BCUT2D eigenvalue weighted by Gasteiger charge is -2.16. The summed E-state index contributed by atoms with van der Waals surface area (Å²) in [5.74, 6) is 0.717. The molecule has 1 heterocycles. The van der Waals surface area contributed by atoms with Crippen LogP contribution in [0.25, 0.3) is 0 Å². The molecule has 6 nitrogen and oxygen atoms in total.